The highest BCUT2D eigenvalue weighted by atomic mass is 32.1. The van der Waals surface area contributed by atoms with Crippen molar-refractivity contribution in [2.24, 2.45) is 0 Å². The molecule has 1 rings (SSSR count). The summed E-state index contributed by atoms with van der Waals surface area (Å²) in [6.45, 7) is 5.99. The molecule has 1 aromatic heterocycles. The highest BCUT2D eigenvalue weighted by molar-refractivity contribution is 7.71. The monoisotopic (exact) mass is 183 g/mol. The van der Waals surface area contributed by atoms with Crippen LogP contribution < -0.4 is 4.74 Å². The van der Waals surface area contributed by atoms with Gasteiger partial charge in [-0.1, -0.05) is 12.2 Å². The van der Waals surface area contributed by atoms with Crippen LogP contribution in [0.5, 0.6) is 5.75 Å². The Bertz CT molecular complexity index is 317. The number of aromatic nitrogens is 1. The van der Waals surface area contributed by atoms with Crippen molar-refractivity contribution >= 4 is 12.2 Å². The molecule has 1 heterocycles. The summed E-state index contributed by atoms with van der Waals surface area (Å²) >= 11 is 4.96. The van der Waals surface area contributed by atoms with Crippen molar-refractivity contribution in [3.8, 4) is 5.75 Å². The van der Waals surface area contributed by atoms with Gasteiger partial charge in [0.1, 0.15) is 10.4 Å². The first-order chi connectivity index (χ1) is 5.59. The van der Waals surface area contributed by atoms with E-state index in [2.05, 4.69) is 4.98 Å². The second-order valence-electron chi connectivity index (χ2n) is 3.01. The second-order valence-corrected chi connectivity index (χ2v) is 3.45. The summed E-state index contributed by atoms with van der Waals surface area (Å²) in [5.41, 5.74) is 1.08. The number of H-pyrrole nitrogens is 1. The molecule has 0 aliphatic rings. The Balaban J connectivity index is 2.94. The topological polar surface area (TPSA) is 25.0 Å². The van der Waals surface area contributed by atoms with Crippen LogP contribution in [0.2, 0.25) is 0 Å². The summed E-state index contributed by atoms with van der Waals surface area (Å²) in [5.74, 6) is 0.874. The van der Waals surface area contributed by atoms with Gasteiger partial charge in [-0.25, -0.2) is 0 Å². The van der Waals surface area contributed by atoms with E-state index in [1.54, 1.807) is 6.20 Å². The standard InChI is InChI=1S/C9H13NOS/c1-6(2)11-8-5-10-9(12)4-7(8)3/h4-6H,1-3H3,(H,10,12). The average Bonchev–Trinajstić information content (AvgIpc) is 1.94. The van der Waals surface area contributed by atoms with Crippen LogP contribution in [0, 0.1) is 11.6 Å². The van der Waals surface area contributed by atoms with Crippen LogP contribution in [0.15, 0.2) is 12.3 Å². The quantitative estimate of drug-likeness (QED) is 0.713. The van der Waals surface area contributed by atoms with Gasteiger partial charge in [-0.2, -0.15) is 0 Å². The summed E-state index contributed by atoms with van der Waals surface area (Å²) in [5, 5.41) is 0. The van der Waals surface area contributed by atoms with E-state index in [9.17, 15) is 0 Å². The third-order valence-corrected chi connectivity index (χ3v) is 1.68. The van der Waals surface area contributed by atoms with Gasteiger partial charge >= 0.3 is 0 Å². The lowest BCUT2D eigenvalue weighted by Gasteiger charge is -2.11. The van der Waals surface area contributed by atoms with Crippen molar-refractivity contribution in [1.82, 2.24) is 4.98 Å². The van der Waals surface area contributed by atoms with Gasteiger partial charge < -0.3 is 9.72 Å². The van der Waals surface area contributed by atoms with Crippen molar-refractivity contribution in [2.75, 3.05) is 0 Å². The molecule has 1 aromatic rings. The minimum Gasteiger partial charge on any atom is -0.489 e. The Morgan fingerprint density at radius 1 is 1.50 bits per heavy atom. The molecule has 0 aliphatic carbocycles. The molecular weight excluding hydrogens is 170 g/mol. The lowest BCUT2D eigenvalue weighted by Crippen LogP contribution is -2.06. The lowest BCUT2D eigenvalue weighted by atomic mass is 10.3. The first kappa shape index (κ1) is 9.26. The molecule has 0 spiro atoms. The van der Waals surface area contributed by atoms with Crippen LogP contribution in [0.3, 0.4) is 0 Å². The summed E-state index contributed by atoms with van der Waals surface area (Å²) in [6.07, 6.45) is 2.01. The van der Waals surface area contributed by atoms with Crippen molar-refractivity contribution in [3.63, 3.8) is 0 Å². The first-order valence-corrected chi connectivity index (χ1v) is 4.36. The van der Waals surface area contributed by atoms with Gasteiger partial charge in [0, 0.05) is 6.20 Å². The number of aryl methyl sites for hydroxylation is 1. The number of rotatable bonds is 2. The normalized spacial score (nSPS) is 10.3. The average molecular weight is 183 g/mol. The maximum atomic E-state index is 5.52. The number of hydrogen-bond donors (Lipinski definition) is 1. The number of ether oxygens (including phenoxy) is 1. The zero-order chi connectivity index (χ0) is 9.14. The van der Waals surface area contributed by atoms with E-state index < -0.39 is 0 Å². The Kier molecular flexibility index (Phi) is 2.87. The van der Waals surface area contributed by atoms with Crippen LogP contribution in [0.25, 0.3) is 0 Å². The molecule has 0 aromatic carbocycles. The van der Waals surface area contributed by atoms with Gasteiger partial charge in [0.2, 0.25) is 0 Å². The van der Waals surface area contributed by atoms with Crippen LogP contribution in [-0.2, 0) is 0 Å². The fraction of sp³-hybridized carbons (Fsp3) is 0.444. The largest absolute Gasteiger partial charge is 0.489 e. The summed E-state index contributed by atoms with van der Waals surface area (Å²) < 4.78 is 6.26. The zero-order valence-corrected chi connectivity index (χ0v) is 8.37. The number of aromatic amines is 1. The molecule has 0 radical (unpaired) electrons. The molecule has 0 saturated heterocycles. The molecule has 66 valence electrons. The molecule has 0 aliphatic heterocycles. The third-order valence-electron chi connectivity index (χ3n) is 1.44. The van der Waals surface area contributed by atoms with Crippen LogP contribution in [0.1, 0.15) is 19.4 Å². The van der Waals surface area contributed by atoms with Crippen molar-refractivity contribution in [3.05, 3.63) is 22.5 Å². The Labute approximate surface area is 77.6 Å². The van der Waals surface area contributed by atoms with Gasteiger partial charge in [-0.05, 0) is 32.4 Å². The second kappa shape index (κ2) is 3.72. The summed E-state index contributed by atoms with van der Waals surface area (Å²) in [6, 6.07) is 1.90. The molecular formula is C9H13NOS. The molecule has 0 atom stereocenters. The Morgan fingerprint density at radius 2 is 2.17 bits per heavy atom. The zero-order valence-electron chi connectivity index (χ0n) is 7.55. The molecule has 0 unspecified atom stereocenters. The fourth-order valence-electron chi connectivity index (χ4n) is 0.941. The van der Waals surface area contributed by atoms with E-state index in [-0.39, 0.29) is 6.10 Å². The van der Waals surface area contributed by atoms with Gasteiger partial charge in [-0.15, -0.1) is 0 Å². The van der Waals surface area contributed by atoms with Crippen LogP contribution in [0.4, 0.5) is 0 Å². The van der Waals surface area contributed by atoms with Gasteiger partial charge in [-0.3, -0.25) is 0 Å². The summed E-state index contributed by atoms with van der Waals surface area (Å²) in [7, 11) is 0. The molecule has 3 heteroatoms. The highest BCUT2D eigenvalue weighted by Crippen LogP contribution is 2.16. The van der Waals surface area contributed by atoms with Gasteiger partial charge in [0.25, 0.3) is 0 Å². The minimum atomic E-state index is 0.202. The molecule has 0 amide bonds. The van der Waals surface area contributed by atoms with Crippen LogP contribution >= 0.6 is 12.2 Å². The smallest absolute Gasteiger partial charge is 0.138 e. The fourth-order valence-corrected chi connectivity index (χ4v) is 1.18. The van der Waals surface area contributed by atoms with E-state index in [0.717, 1.165) is 16.0 Å². The molecule has 0 fully saturated rings. The van der Waals surface area contributed by atoms with Crippen molar-refractivity contribution in [1.29, 1.82) is 0 Å². The van der Waals surface area contributed by atoms with E-state index in [1.807, 2.05) is 26.8 Å². The Morgan fingerprint density at radius 3 is 2.67 bits per heavy atom. The molecule has 0 bridgehead atoms. The van der Waals surface area contributed by atoms with Crippen molar-refractivity contribution in [2.45, 2.75) is 26.9 Å². The summed E-state index contributed by atoms with van der Waals surface area (Å²) in [4.78, 5) is 2.94. The molecule has 2 nitrogen and oxygen atoms in total. The van der Waals surface area contributed by atoms with E-state index in [4.69, 9.17) is 17.0 Å². The maximum Gasteiger partial charge on any atom is 0.138 e. The predicted molar refractivity (Wildman–Crippen MR) is 52.1 cm³/mol. The van der Waals surface area contributed by atoms with Crippen molar-refractivity contribution < 1.29 is 4.74 Å². The predicted octanol–water partition coefficient (Wildman–Crippen LogP) is 2.84. The maximum absolute atomic E-state index is 5.52. The minimum absolute atomic E-state index is 0.202. The Hall–Kier alpha value is -0.830. The van der Waals surface area contributed by atoms with Crippen LogP contribution in [-0.4, -0.2) is 11.1 Å². The SMILES string of the molecule is Cc1cc(=S)[nH]cc1OC(C)C. The molecule has 0 saturated carbocycles. The van der Waals surface area contributed by atoms with E-state index in [1.165, 1.54) is 0 Å². The van der Waals surface area contributed by atoms with E-state index >= 15 is 0 Å². The third kappa shape index (κ3) is 2.34. The number of pyridine rings is 1. The molecule has 1 N–H and O–H groups in total. The van der Waals surface area contributed by atoms with Gasteiger partial charge in [0.15, 0.2) is 0 Å². The number of nitrogens with one attached hydrogen (secondary N) is 1. The first-order valence-electron chi connectivity index (χ1n) is 3.95. The lowest BCUT2D eigenvalue weighted by molar-refractivity contribution is 0.240. The highest BCUT2D eigenvalue weighted by Gasteiger charge is 2.00. The van der Waals surface area contributed by atoms with E-state index in [0.29, 0.717) is 0 Å². The molecule has 12 heavy (non-hydrogen) atoms. The number of hydrogen-bond acceptors (Lipinski definition) is 2. The van der Waals surface area contributed by atoms with Gasteiger partial charge in [0.05, 0.1) is 6.10 Å².